The van der Waals surface area contributed by atoms with Crippen molar-refractivity contribution in [2.45, 2.75) is 13.3 Å². The number of hydrogen-bond donors (Lipinski definition) is 0. The highest BCUT2D eigenvalue weighted by Gasteiger charge is 2.30. The molecule has 0 spiro atoms. The Morgan fingerprint density at radius 2 is 1.38 bits per heavy atom. The summed E-state index contributed by atoms with van der Waals surface area (Å²) in [7, 11) is 0. The summed E-state index contributed by atoms with van der Waals surface area (Å²) in [4.78, 5) is 38.1. The summed E-state index contributed by atoms with van der Waals surface area (Å²) in [5, 5.41) is 2.03. The van der Waals surface area contributed by atoms with Crippen LogP contribution in [0.1, 0.15) is 44.4 Å². The molecule has 0 radical (unpaired) electrons. The van der Waals surface area contributed by atoms with E-state index in [2.05, 4.69) is 0 Å². The van der Waals surface area contributed by atoms with Crippen molar-refractivity contribution in [3.05, 3.63) is 94.6 Å². The first kappa shape index (κ1) is 16.2. The third-order valence-corrected chi connectivity index (χ3v) is 4.89. The van der Waals surface area contributed by atoms with Crippen molar-refractivity contribution in [1.29, 1.82) is 0 Å². The smallest absolute Gasteiger partial charge is 0.190 e. The SMILES string of the molecule is CC1=C(CC(=O)c2ccc3ccccc3c2)C(=O)c2ccccc2C1=O. The molecule has 3 heteroatoms. The van der Waals surface area contributed by atoms with E-state index >= 15 is 0 Å². The molecule has 0 saturated heterocycles. The molecule has 0 N–H and O–H groups in total. The molecule has 0 atom stereocenters. The van der Waals surface area contributed by atoms with Crippen LogP contribution in [0, 0.1) is 0 Å². The summed E-state index contributed by atoms with van der Waals surface area (Å²) in [6, 6.07) is 20.1. The van der Waals surface area contributed by atoms with Gasteiger partial charge in [-0.3, -0.25) is 14.4 Å². The molecule has 0 fully saturated rings. The largest absolute Gasteiger partial charge is 0.294 e. The Balaban J connectivity index is 1.69. The van der Waals surface area contributed by atoms with Crippen molar-refractivity contribution in [1.82, 2.24) is 0 Å². The van der Waals surface area contributed by atoms with Gasteiger partial charge in [-0.1, -0.05) is 60.7 Å². The van der Waals surface area contributed by atoms with Crippen LogP contribution in [-0.2, 0) is 0 Å². The summed E-state index contributed by atoms with van der Waals surface area (Å²) >= 11 is 0. The third-order valence-electron chi connectivity index (χ3n) is 4.89. The van der Waals surface area contributed by atoms with Gasteiger partial charge >= 0.3 is 0 Å². The van der Waals surface area contributed by atoms with Gasteiger partial charge in [0.15, 0.2) is 17.3 Å². The molecule has 126 valence electrons. The first-order valence-corrected chi connectivity index (χ1v) is 8.46. The van der Waals surface area contributed by atoms with Gasteiger partial charge in [-0.05, 0) is 23.8 Å². The van der Waals surface area contributed by atoms with Crippen molar-refractivity contribution in [3.63, 3.8) is 0 Å². The van der Waals surface area contributed by atoms with E-state index in [1.807, 2.05) is 36.4 Å². The topological polar surface area (TPSA) is 51.2 Å². The molecule has 0 amide bonds. The Hall–Kier alpha value is -3.33. The highest BCUT2D eigenvalue weighted by Crippen LogP contribution is 2.29. The number of rotatable bonds is 3. The van der Waals surface area contributed by atoms with Gasteiger partial charge in [0.05, 0.1) is 0 Å². The molecule has 3 aromatic rings. The van der Waals surface area contributed by atoms with Gasteiger partial charge < -0.3 is 0 Å². The van der Waals surface area contributed by atoms with Crippen LogP contribution in [0.2, 0.25) is 0 Å². The van der Waals surface area contributed by atoms with E-state index in [0.717, 1.165) is 10.8 Å². The molecule has 0 heterocycles. The van der Waals surface area contributed by atoms with Crippen molar-refractivity contribution in [2.75, 3.05) is 0 Å². The number of ketones is 3. The van der Waals surface area contributed by atoms with Crippen LogP contribution in [0.15, 0.2) is 77.9 Å². The van der Waals surface area contributed by atoms with Crippen LogP contribution in [0.3, 0.4) is 0 Å². The summed E-state index contributed by atoms with van der Waals surface area (Å²) < 4.78 is 0. The molecule has 1 aliphatic carbocycles. The molecule has 0 saturated carbocycles. The van der Waals surface area contributed by atoms with Crippen molar-refractivity contribution in [2.24, 2.45) is 0 Å². The average Bonchev–Trinajstić information content (AvgIpc) is 2.69. The highest BCUT2D eigenvalue weighted by atomic mass is 16.1. The Kier molecular flexibility index (Phi) is 3.85. The molecule has 1 aliphatic rings. The van der Waals surface area contributed by atoms with Crippen LogP contribution in [0.5, 0.6) is 0 Å². The number of hydrogen-bond acceptors (Lipinski definition) is 3. The van der Waals surface area contributed by atoms with Gasteiger partial charge in [0.25, 0.3) is 0 Å². The second-order valence-electron chi connectivity index (χ2n) is 6.47. The summed E-state index contributed by atoms with van der Waals surface area (Å²) in [5.74, 6) is -0.570. The minimum absolute atomic E-state index is 0.0664. The fraction of sp³-hybridized carbons (Fsp3) is 0.0870. The van der Waals surface area contributed by atoms with E-state index in [1.54, 1.807) is 37.3 Å². The van der Waals surface area contributed by atoms with E-state index in [-0.39, 0.29) is 23.8 Å². The number of Topliss-reactive ketones (excluding diaryl/α,β-unsaturated/α-hetero) is 3. The molecule has 0 aromatic heterocycles. The standard InChI is InChI=1S/C23H16O3/c1-14-20(23(26)19-9-5-4-8-18(19)22(14)25)13-21(24)17-11-10-15-6-2-3-7-16(15)12-17/h2-12H,13H2,1H3. The fourth-order valence-electron chi connectivity index (χ4n) is 3.39. The molecular weight excluding hydrogens is 324 g/mol. The summed E-state index contributed by atoms with van der Waals surface area (Å²) in [6.07, 6.45) is -0.0664. The maximum absolute atomic E-state index is 12.8. The van der Waals surface area contributed by atoms with Gasteiger partial charge in [-0.15, -0.1) is 0 Å². The van der Waals surface area contributed by atoms with Crippen LogP contribution >= 0.6 is 0 Å². The second kappa shape index (κ2) is 6.19. The lowest BCUT2D eigenvalue weighted by Crippen LogP contribution is -2.22. The number of fused-ring (bicyclic) bond motifs is 2. The average molecular weight is 340 g/mol. The minimum atomic E-state index is -0.230. The van der Waals surface area contributed by atoms with E-state index in [1.165, 1.54) is 0 Å². The Labute approximate surface area is 151 Å². The summed E-state index contributed by atoms with van der Waals surface area (Å²) in [5.41, 5.74) is 2.00. The first-order chi connectivity index (χ1) is 12.6. The molecule has 0 bridgehead atoms. The molecule has 0 unspecified atom stereocenters. The van der Waals surface area contributed by atoms with Gasteiger partial charge in [0, 0.05) is 34.3 Å². The van der Waals surface area contributed by atoms with Crippen molar-refractivity contribution in [3.8, 4) is 0 Å². The number of carbonyl (C=O) groups is 3. The third kappa shape index (κ3) is 2.58. The van der Waals surface area contributed by atoms with Crippen LogP contribution < -0.4 is 0 Å². The zero-order valence-electron chi connectivity index (χ0n) is 14.3. The molecule has 4 rings (SSSR count). The maximum Gasteiger partial charge on any atom is 0.190 e. The van der Waals surface area contributed by atoms with Crippen molar-refractivity contribution >= 4 is 28.1 Å². The van der Waals surface area contributed by atoms with E-state index in [4.69, 9.17) is 0 Å². The Bertz CT molecular complexity index is 1120. The van der Waals surface area contributed by atoms with Gasteiger partial charge in [-0.2, -0.15) is 0 Å². The Morgan fingerprint density at radius 1 is 0.769 bits per heavy atom. The number of carbonyl (C=O) groups excluding carboxylic acids is 3. The second-order valence-corrected chi connectivity index (χ2v) is 6.47. The monoisotopic (exact) mass is 340 g/mol. The zero-order valence-corrected chi connectivity index (χ0v) is 14.3. The molecule has 26 heavy (non-hydrogen) atoms. The van der Waals surface area contributed by atoms with Crippen LogP contribution in [-0.4, -0.2) is 17.3 Å². The van der Waals surface area contributed by atoms with E-state index in [9.17, 15) is 14.4 Å². The van der Waals surface area contributed by atoms with Gasteiger partial charge in [0.2, 0.25) is 0 Å². The first-order valence-electron chi connectivity index (χ1n) is 8.46. The normalized spacial score (nSPS) is 13.9. The van der Waals surface area contributed by atoms with Crippen LogP contribution in [0.4, 0.5) is 0 Å². The quantitative estimate of drug-likeness (QED) is 0.643. The lowest BCUT2D eigenvalue weighted by Gasteiger charge is -2.18. The Morgan fingerprint density at radius 3 is 2.12 bits per heavy atom. The van der Waals surface area contributed by atoms with E-state index < -0.39 is 0 Å². The predicted octanol–water partition coefficient (Wildman–Crippen LogP) is 4.81. The number of allylic oxidation sites excluding steroid dienone is 2. The summed E-state index contributed by atoms with van der Waals surface area (Å²) in [6.45, 7) is 1.62. The van der Waals surface area contributed by atoms with Gasteiger partial charge in [-0.25, -0.2) is 0 Å². The van der Waals surface area contributed by atoms with E-state index in [0.29, 0.717) is 27.8 Å². The minimum Gasteiger partial charge on any atom is -0.294 e. The molecule has 3 nitrogen and oxygen atoms in total. The molecule has 0 aliphatic heterocycles. The highest BCUT2D eigenvalue weighted by molar-refractivity contribution is 6.28. The lowest BCUT2D eigenvalue weighted by molar-refractivity contribution is 0.0943. The number of benzene rings is 3. The molecule has 3 aromatic carbocycles. The maximum atomic E-state index is 12.8. The fourth-order valence-corrected chi connectivity index (χ4v) is 3.39. The van der Waals surface area contributed by atoms with Gasteiger partial charge in [0.1, 0.15) is 0 Å². The predicted molar refractivity (Wildman–Crippen MR) is 101 cm³/mol. The van der Waals surface area contributed by atoms with Crippen LogP contribution in [0.25, 0.3) is 10.8 Å². The zero-order chi connectivity index (χ0) is 18.3. The van der Waals surface area contributed by atoms with Crippen molar-refractivity contribution < 1.29 is 14.4 Å². The lowest BCUT2D eigenvalue weighted by atomic mass is 9.82. The molecular formula is C23H16O3.